The van der Waals surface area contributed by atoms with Crippen LogP contribution < -0.4 is 10.9 Å². The van der Waals surface area contributed by atoms with Gasteiger partial charge in [-0.1, -0.05) is 86.3 Å². The van der Waals surface area contributed by atoms with Crippen LogP contribution in [0.4, 0.5) is 5.69 Å². The normalized spacial score (nSPS) is 12.8. The number of nitrogens with one attached hydrogen (secondary N) is 1. The van der Waals surface area contributed by atoms with Crippen molar-refractivity contribution in [1.82, 2.24) is 9.55 Å². The number of aryl methyl sites for hydroxylation is 1. The standard InChI is InChI=1S/C32H31N3O2S2/c1-5-20(2)23-15-17-25(18-16-23)33-29(36)22(4)39-32-34-30-28(26(19-38-30)24-12-7-6-8-13-24)31(37)35(32)27-14-10-9-11-21(27)3/h6-20,22H,5H2,1-4H3,(H,33,36)/t20-,22-/m0/s1. The van der Waals surface area contributed by atoms with Crippen LogP contribution >= 0.6 is 23.1 Å². The molecule has 0 aliphatic rings. The van der Waals surface area contributed by atoms with E-state index in [2.05, 4.69) is 31.3 Å². The number of nitrogens with zero attached hydrogens (tertiary/aromatic N) is 2. The zero-order valence-corrected chi connectivity index (χ0v) is 24.1. The molecule has 0 unspecified atom stereocenters. The van der Waals surface area contributed by atoms with Crippen LogP contribution in [0.15, 0.2) is 94.2 Å². The molecule has 5 rings (SSSR count). The van der Waals surface area contributed by atoms with Gasteiger partial charge in [0.15, 0.2) is 5.16 Å². The third kappa shape index (κ3) is 5.56. The molecule has 0 radical (unpaired) electrons. The zero-order chi connectivity index (χ0) is 27.5. The number of benzene rings is 3. The molecule has 0 aliphatic heterocycles. The molecule has 1 amide bonds. The summed E-state index contributed by atoms with van der Waals surface area (Å²) in [5.74, 6) is 0.334. The molecular weight excluding hydrogens is 523 g/mol. The summed E-state index contributed by atoms with van der Waals surface area (Å²) in [6, 6.07) is 25.7. The number of rotatable bonds is 8. The predicted octanol–water partition coefficient (Wildman–Crippen LogP) is 8.06. The Morgan fingerprint density at radius 2 is 1.69 bits per heavy atom. The Morgan fingerprint density at radius 1 is 1.00 bits per heavy atom. The molecule has 1 N–H and O–H groups in total. The fraction of sp³-hybridized carbons (Fsp3) is 0.219. The van der Waals surface area contributed by atoms with Crippen molar-refractivity contribution >= 4 is 44.9 Å². The van der Waals surface area contributed by atoms with Crippen molar-refractivity contribution in [2.45, 2.75) is 50.4 Å². The number of carbonyl (C=O) groups excluding carboxylic acids is 1. The van der Waals surface area contributed by atoms with Gasteiger partial charge in [0.05, 0.1) is 16.3 Å². The van der Waals surface area contributed by atoms with Crippen molar-refractivity contribution in [3.8, 4) is 16.8 Å². The Balaban J connectivity index is 1.51. The minimum absolute atomic E-state index is 0.134. The van der Waals surface area contributed by atoms with E-state index in [4.69, 9.17) is 4.98 Å². The Labute approximate surface area is 236 Å². The molecule has 2 heterocycles. The van der Waals surface area contributed by atoms with Crippen molar-refractivity contribution in [3.63, 3.8) is 0 Å². The van der Waals surface area contributed by atoms with Crippen LogP contribution in [0.25, 0.3) is 27.0 Å². The number of para-hydroxylation sites is 1. The smallest absolute Gasteiger partial charge is 0.268 e. The summed E-state index contributed by atoms with van der Waals surface area (Å²) >= 11 is 2.74. The van der Waals surface area contributed by atoms with Gasteiger partial charge in [-0.15, -0.1) is 11.3 Å². The van der Waals surface area contributed by atoms with E-state index in [0.717, 1.165) is 34.5 Å². The minimum Gasteiger partial charge on any atom is -0.325 e. The van der Waals surface area contributed by atoms with Crippen molar-refractivity contribution in [2.24, 2.45) is 0 Å². The van der Waals surface area contributed by atoms with E-state index in [1.165, 1.54) is 28.7 Å². The highest BCUT2D eigenvalue weighted by Gasteiger charge is 2.23. The molecule has 0 saturated carbocycles. The number of aromatic nitrogens is 2. The van der Waals surface area contributed by atoms with E-state index in [1.54, 1.807) is 4.57 Å². The van der Waals surface area contributed by atoms with Gasteiger partial charge in [-0.3, -0.25) is 14.2 Å². The fourth-order valence-corrected chi connectivity index (χ4v) is 6.40. The van der Waals surface area contributed by atoms with Crippen LogP contribution in [-0.2, 0) is 4.79 Å². The first-order valence-corrected chi connectivity index (χ1v) is 14.9. The Bertz CT molecular complexity index is 1670. The molecule has 0 fully saturated rings. The molecule has 198 valence electrons. The van der Waals surface area contributed by atoms with E-state index in [0.29, 0.717) is 21.3 Å². The highest BCUT2D eigenvalue weighted by Crippen LogP contribution is 2.34. The number of hydrogen-bond acceptors (Lipinski definition) is 5. The van der Waals surface area contributed by atoms with E-state index in [9.17, 15) is 9.59 Å². The average Bonchev–Trinajstić information content (AvgIpc) is 3.38. The van der Waals surface area contributed by atoms with Gasteiger partial charge in [-0.25, -0.2) is 4.98 Å². The minimum atomic E-state index is -0.479. The topological polar surface area (TPSA) is 64.0 Å². The van der Waals surface area contributed by atoms with Gasteiger partial charge in [-0.05, 0) is 61.1 Å². The molecule has 0 aliphatic carbocycles. The molecule has 2 aromatic heterocycles. The molecule has 0 saturated heterocycles. The van der Waals surface area contributed by atoms with Gasteiger partial charge in [0.25, 0.3) is 5.56 Å². The number of thiophene rings is 1. The number of thioether (sulfide) groups is 1. The Morgan fingerprint density at radius 3 is 2.38 bits per heavy atom. The van der Waals surface area contributed by atoms with Gasteiger partial charge in [-0.2, -0.15) is 0 Å². The summed E-state index contributed by atoms with van der Waals surface area (Å²) in [7, 11) is 0. The highest BCUT2D eigenvalue weighted by atomic mass is 32.2. The first-order valence-electron chi connectivity index (χ1n) is 13.1. The first kappa shape index (κ1) is 26.9. The van der Waals surface area contributed by atoms with Crippen LogP contribution in [-0.4, -0.2) is 20.7 Å². The zero-order valence-electron chi connectivity index (χ0n) is 22.5. The lowest BCUT2D eigenvalue weighted by Gasteiger charge is -2.17. The summed E-state index contributed by atoms with van der Waals surface area (Å²) in [6.07, 6.45) is 1.07. The van der Waals surface area contributed by atoms with Gasteiger partial charge >= 0.3 is 0 Å². The second kappa shape index (κ2) is 11.6. The number of fused-ring (bicyclic) bond motifs is 1. The van der Waals surface area contributed by atoms with Crippen molar-refractivity contribution in [3.05, 3.63) is 106 Å². The predicted molar refractivity (Wildman–Crippen MR) is 164 cm³/mol. The highest BCUT2D eigenvalue weighted by molar-refractivity contribution is 8.00. The second-order valence-corrected chi connectivity index (χ2v) is 11.9. The van der Waals surface area contributed by atoms with Crippen LogP contribution in [0, 0.1) is 6.92 Å². The maximum atomic E-state index is 14.1. The largest absolute Gasteiger partial charge is 0.325 e. The lowest BCUT2D eigenvalue weighted by Crippen LogP contribution is -2.26. The summed E-state index contributed by atoms with van der Waals surface area (Å²) in [4.78, 5) is 32.9. The maximum absolute atomic E-state index is 14.1. The van der Waals surface area contributed by atoms with Crippen LogP contribution in [0.5, 0.6) is 0 Å². The van der Waals surface area contributed by atoms with Gasteiger partial charge in [0.2, 0.25) is 5.91 Å². The van der Waals surface area contributed by atoms with Crippen molar-refractivity contribution in [1.29, 1.82) is 0 Å². The molecule has 39 heavy (non-hydrogen) atoms. The molecule has 0 bridgehead atoms. The van der Waals surface area contributed by atoms with Crippen molar-refractivity contribution in [2.75, 3.05) is 5.32 Å². The van der Waals surface area contributed by atoms with Crippen molar-refractivity contribution < 1.29 is 4.79 Å². The molecule has 7 heteroatoms. The van der Waals surface area contributed by atoms with E-state index < -0.39 is 5.25 Å². The second-order valence-electron chi connectivity index (χ2n) is 9.70. The van der Waals surface area contributed by atoms with Gasteiger partial charge < -0.3 is 5.32 Å². The molecule has 0 spiro atoms. The maximum Gasteiger partial charge on any atom is 0.268 e. The summed E-state index contributed by atoms with van der Waals surface area (Å²) < 4.78 is 1.66. The molecule has 3 aromatic carbocycles. The molecule has 5 nitrogen and oxygen atoms in total. The summed E-state index contributed by atoms with van der Waals surface area (Å²) in [5.41, 5.74) is 5.44. The molecular formula is C32H31N3O2S2. The third-order valence-electron chi connectivity index (χ3n) is 7.03. The van der Waals surface area contributed by atoms with Gasteiger partial charge in [0.1, 0.15) is 4.83 Å². The Hall–Kier alpha value is -3.68. The number of anilines is 1. The third-order valence-corrected chi connectivity index (χ3v) is 8.95. The fourth-order valence-electron chi connectivity index (χ4n) is 4.49. The van der Waals surface area contributed by atoms with E-state index in [-0.39, 0.29) is 11.5 Å². The van der Waals surface area contributed by atoms with E-state index >= 15 is 0 Å². The van der Waals surface area contributed by atoms with Crippen LogP contribution in [0.1, 0.15) is 44.2 Å². The SMILES string of the molecule is CC[C@H](C)c1ccc(NC(=O)[C@H](C)Sc2nc3scc(-c4ccccc4)c3c(=O)n2-c2ccccc2C)cc1. The van der Waals surface area contributed by atoms with E-state index in [1.807, 2.05) is 86.0 Å². The van der Waals surface area contributed by atoms with Gasteiger partial charge in [0, 0.05) is 16.6 Å². The summed E-state index contributed by atoms with van der Waals surface area (Å²) in [6.45, 7) is 8.18. The number of hydrogen-bond donors (Lipinski definition) is 1. The average molecular weight is 554 g/mol. The molecule has 2 atom stereocenters. The monoisotopic (exact) mass is 553 g/mol. The quantitative estimate of drug-likeness (QED) is 0.156. The Kier molecular flexibility index (Phi) is 8.00. The summed E-state index contributed by atoms with van der Waals surface area (Å²) in [5, 5.41) is 5.63. The van der Waals surface area contributed by atoms with Crippen LogP contribution in [0.3, 0.4) is 0 Å². The molecule has 5 aromatic rings. The van der Waals surface area contributed by atoms with Crippen LogP contribution in [0.2, 0.25) is 0 Å². The number of carbonyl (C=O) groups is 1. The first-order chi connectivity index (χ1) is 18.9. The lowest BCUT2D eigenvalue weighted by molar-refractivity contribution is -0.115. The lowest BCUT2D eigenvalue weighted by atomic mass is 9.99. The number of amides is 1.